The van der Waals surface area contributed by atoms with Crippen LogP contribution in [0.1, 0.15) is 0 Å². The lowest BCUT2D eigenvalue weighted by molar-refractivity contribution is 0.669. The average Bonchev–Trinajstić information content (AvgIpc) is 3.93. The quantitative estimate of drug-likeness (QED) is 0.160. The molecule has 308 valence electrons. The first-order valence-electron chi connectivity index (χ1n) is 22.3. The largest absolute Gasteiger partial charge is 0.455 e. The Morgan fingerprint density at radius 1 is 0.303 bits per heavy atom. The van der Waals surface area contributed by atoms with E-state index in [2.05, 4.69) is 193 Å². The van der Waals surface area contributed by atoms with E-state index in [1.165, 1.54) is 21.5 Å². The summed E-state index contributed by atoms with van der Waals surface area (Å²) in [5.41, 5.74) is 13.9. The minimum absolute atomic E-state index is 0.536. The molecule has 0 atom stereocenters. The van der Waals surface area contributed by atoms with Gasteiger partial charge in [0.1, 0.15) is 11.2 Å². The van der Waals surface area contributed by atoms with Crippen LogP contribution in [0.4, 0.5) is 0 Å². The minimum Gasteiger partial charge on any atom is -0.455 e. The van der Waals surface area contributed by atoms with Crippen molar-refractivity contribution in [1.82, 2.24) is 19.5 Å². The van der Waals surface area contributed by atoms with Crippen molar-refractivity contribution in [3.05, 3.63) is 231 Å². The molecule has 66 heavy (non-hydrogen) atoms. The lowest BCUT2D eigenvalue weighted by Gasteiger charge is -2.20. The molecule has 0 radical (unpaired) electrons. The second-order valence-electron chi connectivity index (χ2n) is 16.7. The summed E-state index contributed by atoms with van der Waals surface area (Å²) in [6.07, 6.45) is 0. The Kier molecular flexibility index (Phi) is 8.78. The smallest absolute Gasteiger partial charge is 0.167 e. The number of rotatable bonds is 7. The molecule has 3 heterocycles. The summed E-state index contributed by atoms with van der Waals surface area (Å²) < 4.78 is 9.05. The van der Waals surface area contributed by atoms with Gasteiger partial charge in [-0.1, -0.05) is 182 Å². The molecule has 10 aromatic carbocycles. The molecule has 0 saturated heterocycles. The van der Waals surface area contributed by atoms with Crippen molar-refractivity contribution < 1.29 is 4.42 Å². The van der Waals surface area contributed by atoms with E-state index in [4.69, 9.17) is 19.4 Å². The first-order valence-corrected chi connectivity index (χ1v) is 22.3. The summed E-state index contributed by atoms with van der Waals surface area (Å²) in [6.45, 7) is 0. The van der Waals surface area contributed by atoms with E-state index in [9.17, 15) is 0 Å². The van der Waals surface area contributed by atoms with E-state index in [-0.39, 0.29) is 0 Å². The van der Waals surface area contributed by atoms with Crippen LogP contribution in [0.15, 0.2) is 235 Å². The molecular weight excluding hydrogens is 805 g/mol. The first kappa shape index (κ1) is 37.6. The van der Waals surface area contributed by atoms with Gasteiger partial charge in [-0.05, 0) is 87.1 Å². The van der Waals surface area contributed by atoms with Gasteiger partial charge < -0.3 is 8.98 Å². The highest BCUT2D eigenvalue weighted by Crippen LogP contribution is 2.44. The standard InChI is InChI=1S/C61H38N4O/c1-4-18-39(19-5-1)42-26-16-27-45(34-42)51-37-53(61-63-59(41-22-8-3-9-23-41)62-60(64-61)49-31-17-30-48-47-29-13-15-33-57(47)66-58(48)49)50(40-20-6-2-7-21-40)38-56(51)65-54-32-14-12-28-46(54)52-35-43-24-10-11-25-44(43)36-55(52)65/h1-38H. The summed E-state index contributed by atoms with van der Waals surface area (Å²) in [6, 6.07) is 81.3. The first-order chi connectivity index (χ1) is 32.7. The third-order valence-corrected chi connectivity index (χ3v) is 12.8. The molecule has 0 aliphatic carbocycles. The fourth-order valence-corrected chi connectivity index (χ4v) is 9.71. The van der Waals surface area contributed by atoms with Crippen molar-refractivity contribution >= 4 is 54.5 Å². The minimum atomic E-state index is 0.536. The molecule has 13 rings (SSSR count). The second kappa shape index (κ2) is 15.4. The van der Waals surface area contributed by atoms with Crippen LogP contribution in [0, 0.1) is 0 Å². The number of hydrogen-bond acceptors (Lipinski definition) is 4. The number of para-hydroxylation sites is 3. The Morgan fingerprint density at radius 3 is 1.67 bits per heavy atom. The van der Waals surface area contributed by atoms with Gasteiger partial charge in [-0.15, -0.1) is 0 Å². The predicted octanol–water partition coefficient (Wildman–Crippen LogP) is 16.0. The van der Waals surface area contributed by atoms with Gasteiger partial charge in [-0.25, -0.2) is 15.0 Å². The predicted molar refractivity (Wildman–Crippen MR) is 272 cm³/mol. The summed E-state index contributed by atoms with van der Waals surface area (Å²) in [5.74, 6) is 1.67. The van der Waals surface area contributed by atoms with Gasteiger partial charge >= 0.3 is 0 Å². The van der Waals surface area contributed by atoms with Crippen molar-refractivity contribution in [2.75, 3.05) is 0 Å². The van der Waals surface area contributed by atoms with E-state index in [0.29, 0.717) is 17.5 Å². The Labute approximate surface area is 380 Å². The maximum absolute atomic E-state index is 6.60. The third-order valence-electron chi connectivity index (χ3n) is 12.8. The molecule has 0 spiro atoms. The van der Waals surface area contributed by atoms with Crippen LogP contribution >= 0.6 is 0 Å². The summed E-state index contributed by atoms with van der Waals surface area (Å²) in [7, 11) is 0. The van der Waals surface area contributed by atoms with E-state index in [1.807, 2.05) is 42.5 Å². The highest BCUT2D eigenvalue weighted by Gasteiger charge is 2.24. The molecule has 5 nitrogen and oxygen atoms in total. The van der Waals surface area contributed by atoms with Crippen LogP contribution in [-0.2, 0) is 0 Å². The van der Waals surface area contributed by atoms with Gasteiger partial charge in [-0.2, -0.15) is 0 Å². The Balaban J connectivity index is 1.15. The number of benzene rings is 10. The van der Waals surface area contributed by atoms with Gasteiger partial charge in [0.15, 0.2) is 17.5 Å². The maximum atomic E-state index is 6.60. The molecule has 0 N–H and O–H groups in total. The fourth-order valence-electron chi connectivity index (χ4n) is 9.71. The Hall–Kier alpha value is -8.93. The highest BCUT2D eigenvalue weighted by molar-refractivity contribution is 6.14. The average molecular weight is 843 g/mol. The molecule has 0 fully saturated rings. The van der Waals surface area contributed by atoms with Crippen LogP contribution in [0.5, 0.6) is 0 Å². The van der Waals surface area contributed by atoms with Crippen molar-refractivity contribution in [2.45, 2.75) is 0 Å². The van der Waals surface area contributed by atoms with Gasteiger partial charge in [0.25, 0.3) is 0 Å². The molecule has 0 unspecified atom stereocenters. The fraction of sp³-hybridized carbons (Fsp3) is 0. The maximum Gasteiger partial charge on any atom is 0.167 e. The molecule has 0 aliphatic rings. The van der Waals surface area contributed by atoms with E-state index < -0.39 is 0 Å². The molecular formula is C61H38N4O. The van der Waals surface area contributed by atoms with Gasteiger partial charge in [-0.3, -0.25) is 0 Å². The van der Waals surface area contributed by atoms with Crippen LogP contribution in [0.25, 0.3) is 128 Å². The highest BCUT2D eigenvalue weighted by atomic mass is 16.3. The molecule has 0 aliphatic heterocycles. The Morgan fingerprint density at radius 2 is 0.879 bits per heavy atom. The van der Waals surface area contributed by atoms with Gasteiger partial charge in [0, 0.05) is 38.2 Å². The van der Waals surface area contributed by atoms with Crippen molar-refractivity contribution in [1.29, 1.82) is 0 Å². The monoisotopic (exact) mass is 842 g/mol. The van der Waals surface area contributed by atoms with Crippen LogP contribution in [-0.4, -0.2) is 19.5 Å². The van der Waals surface area contributed by atoms with Crippen LogP contribution < -0.4 is 0 Å². The number of aromatic nitrogens is 4. The number of furan rings is 1. The van der Waals surface area contributed by atoms with Gasteiger partial charge in [0.2, 0.25) is 0 Å². The van der Waals surface area contributed by atoms with Crippen molar-refractivity contribution in [3.8, 4) is 73.2 Å². The molecule has 0 saturated carbocycles. The molecule has 5 heteroatoms. The van der Waals surface area contributed by atoms with E-state index >= 15 is 0 Å². The lowest BCUT2D eigenvalue weighted by Crippen LogP contribution is -2.04. The van der Waals surface area contributed by atoms with E-state index in [1.54, 1.807) is 0 Å². The molecule has 3 aromatic heterocycles. The normalized spacial score (nSPS) is 11.6. The zero-order chi connectivity index (χ0) is 43.6. The number of hydrogen-bond donors (Lipinski definition) is 0. The molecule has 13 aromatic rings. The number of nitrogens with zero attached hydrogens (tertiary/aromatic N) is 4. The van der Waals surface area contributed by atoms with E-state index in [0.717, 1.165) is 88.7 Å². The molecule has 0 bridgehead atoms. The van der Waals surface area contributed by atoms with Crippen LogP contribution in [0.2, 0.25) is 0 Å². The van der Waals surface area contributed by atoms with Crippen molar-refractivity contribution in [2.24, 2.45) is 0 Å². The Bertz CT molecular complexity index is 3990. The lowest BCUT2D eigenvalue weighted by atomic mass is 9.91. The summed E-state index contributed by atoms with van der Waals surface area (Å²) in [5, 5.41) is 6.86. The third kappa shape index (κ3) is 6.28. The summed E-state index contributed by atoms with van der Waals surface area (Å²) in [4.78, 5) is 16.0. The zero-order valence-electron chi connectivity index (χ0n) is 35.6. The van der Waals surface area contributed by atoms with Gasteiger partial charge in [0.05, 0.1) is 22.3 Å². The summed E-state index contributed by atoms with van der Waals surface area (Å²) >= 11 is 0. The zero-order valence-corrected chi connectivity index (χ0v) is 35.6. The second-order valence-corrected chi connectivity index (χ2v) is 16.7. The topological polar surface area (TPSA) is 56.7 Å². The van der Waals surface area contributed by atoms with Crippen LogP contribution in [0.3, 0.4) is 0 Å². The molecule has 0 amide bonds. The SMILES string of the molecule is c1ccc(-c2cccc(-c3cc(-c4nc(-c5ccccc5)nc(-c5cccc6c5oc5ccccc56)n4)c(-c4ccccc4)cc3-n3c4ccccc4c4cc5ccccc5cc43)c2)cc1. The van der Waals surface area contributed by atoms with Crippen molar-refractivity contribution in [3.63, 3.8) is 0 Å². The number of fused-ring (bicyclic) bond motifs is 7.